The Morgan fingerprint density at radius 1 is 1.29 bits per heavy atom. The Morgan fingerprint density at radius 2 is 1.96 bits per heavy atom. The maximum atomic E-state index is 11.7. The van der Waals surface area contributed by atoms with Crippen LogP contribution < -0.4 is 10.2 Å². The second-order valence-electron chi connectivity index (χ2n) is 5.31. The molecule has 0 saturated carbocycles. The molecule has 1 fully saturated rings. The number of carbonyl (C=O) groups is 1. The van der Waals surface area contributed by atoms with Crippen molar-refractivity contribution in [3.63, 3.8) is 0 Å². The lowest BCUT2D eigenvalue weighted by Crippen LogP contribution is -2.48. The third-order valence-corrected chi connectivity index (χ3v) is 4.15. The predicted octanol–water partition coefficient (Wildman–Crippen LogP) is 2.74. The van der Waals surface area contributed by atoms with E-state index in [4.69, 9.17) is 22.1 Å². The van der Waals surface area contributed by atoms with Gasteiger partial charge in [-0.2, -0.15) is 10.5 Å². The first-order valence-electron chi connectivity index (χ1n) is 7.68. The molecule has 1 amide bonds. The summed E-state index contributed by atoms with van der Waals surface area (Å²) in [5, 5.41) is 20.9. The van der Waals surface area contributed by atoms with Gasteiger partial charge in [0.1, 0.15) is 17.7 Å². The summed E-state index contributed by atoms with van der Waals surface area (Å²) in [5.41, 5.74) is 1.61. The molecule has 2 rings (SSSR count). The topological polar surface area (TPSA) is 83.2 Å². The van der Waals surface area contributed by atoms with Crippen molar-refractivity contribution in [2.45, 2.75) is 13.3 Å². The summed E-state index contributed by atoms with van der Waals surface area (Å²) in [5.74, 6) is 0.179. The van der Waals surface area contributed by atoms with E-state index in [9.17, 15) is 4.79 Å². The van der Waals surface area contributed by atoms with E-state index in [1.165, 1.54) is 6.20 Å². The van der Waals surface area contributed by atoms with E-state index in [0.717, 1.165) is 18.8 Å². The van der Waals surface area contributed by atoms with Gasteiger partial charge in [-0.3, -0.25) is 4.79 Å². The lowest BCUT2D eigenvalue weighted by Gasteiger charge is -2.36. The minimum Gasteiger partial charge on any atom is -0.367 e. The third-order valence-electron chi connectivity index (χ3n) is 3.85. The first kappa shape index (κ1) is 17.7. The van der Waals surface area contributed by atoms with Gasteiger partial charge in [0.25, 0.3) is 0 Å². The zero-order chi connectivity index (χ0) is 17.5. The average molecular weight is 344 g/mol. The highest BCUT2D eigenvalue weighted by Gasteiger charge is 2.21. The van der Waals surface area contributed by atoms with Crippen LogP contribution in [0, 0.1) is 22.7 Å². The van der Waals surface area contributed by atoms with Gasteiger partial charge in [-0.05, 0) is 18.2 Å². The Labute approximate surface area is 146 Å². The number of rotatable bonds is 4. The molecule has 1 aliphatic heterocycles. The number of allylic oxidation sites excluding steroid dienone is 1. The molecule has 0 spiro atoms. The van der Waals surface area contributed by atoms with E-state index in [1.807, 2.05) is 24.0 Å². The van der Waals surface area contributed by atoms with E-state index in [2.05, 4.69) is 10.2 Å². The molecule has 7 heteroatoms. The summed E-state index contributed by atoms with van der Waals surface area (Å²) in [7, 11) is 0. The highest BCUT2D eigenvalue weighted by molar-refractivity contribution is 6.33. The molecule has 0 radical (unpaired) electrons. The fourth-order valence-electron chi connectivity index (χ4n) is 2.52. The molecule has 1 heterocycles. The van der Waals surface area contributed by atoms with Crippen LogP contribution in [0.5, 0.6) is 0 Å². The lowest BCUT2D eigenvalue weighted by atomic mass is 10.2. The standard InChI is InChI=1S/C17H18ClN5O/c1-2-17(24)23-7-5-22(6-8-23)16-4-3-14(9-15(16)18)21-12-13(10-19)11-20/h3-4,9,12,21H,2,5-8H2,1H3. The van der Waals surface area contributed by atoms with E-state index >= 15 is 0 Å². The van der Waals surface area contributed by atoms with Crippen LogP contribution in [0.3, 0.4) is 0 Å². The van der Waals surface area contributed by atoms with Gasteiger partial charge in [-0.15, -0.1) is 0 Å². The van der Waals surface area contributed by atoms with Crippen LogP contribution in [-0.2, 0) is 4.79 Å². The molecule has 1 aromatic rings. The van der Waals surface area contributed by atoms with Gasteiger partial charge >= 0.3 is 0 Å². The summed E-state index contributed by atoms with van der Waals surface area (Å²) >= 11 is 6.36. The summed E-state index contributed by atoms with van der Waals surface area (Å²) < 4.78 is 0. The monoisotopic (exact) mass is 343 g/mol. The number of nitriles is 2. The number of hydrogen-bond donors (Lipinski definition) is 1. The van der Waals surface area contributed by atoms with Crippen molar-refractivity contribution in [3.8, 4) is 12.1 Å². The second-order valence-corrected chi connectivity index (χ2v) is 5.72. The van der Waals surface area contributed by atoms with Gasteiger partial charge in [0.2, 0.25) is 5.91 Å². The van der Waals surface area contributed by atoms with Gasteiger partial charge in [0.15, 0.2) is 0 Å². The van der Waals surface area contributed by atoms with Crippen LogP contribution in [0.25, 0.3) is 0 Å². The molecule has 1 saturated heterocycles. The maximum absolute atomic E-state index is 11.7. The molecule has 6 nitrogen and oxygen atoms in total. The van der Waals surface area contributed by atoms with Crippen molar-refractivity contribution in [3.05, 3.63) is 35.0 Å². The van der Waals surface area contributed by atoms with Gasteiger partial charge in [0, 0.05) is 44.5 Å². The first-order valence-corrected chi connectivity index (χ1v) is 8.06. The van der Waals surface area contributed by atoms with Crippen molar-refractivity contribution in [2.75, 3.05) is 36.4 Å². The zero-order valence-corrected chi connectivity index (χ0v) is 14.2. The number of nitrogens with zero attached hydrogens (tertiary/aromatic N) is 4. The molecule has 1 aliphatic rings. The average Bonchev–Trinajstić information content (AvgIpc) is 2.62. The molecule has 0 bridgehead atoms. The minimum absolute atomic E-state index is 0.00749. The van der Waals surface area contributed by atoms with Gasteiger partial charge in [0.05, 0.1) is 10.7 Å². The number of benzene rings is 1. The molecular formula is C17H18ClN5O. The fourth-order valence-corrected chi connectivity index (χ4v) is 2.82. The fraction of sp³-hybridized carbons (Fsp3) is 0.353. The molecule has 124 valence electrons. The quantitative estimate of drug-likeness (QED) is 0.850. The summed E-state index contributed by atoms with van der Waals surface area (Å²) in [4.78, 5) is 15.7. The summed E-state index contributed by atoms with van der Waals surface area (Å²) in [6.45, 7) is 4.74. The summed E-state index contributed by atoms with van der Waals surface area (Å²) in [6, 6.07) is 9.05. The molecule has 24 heavy (non-hydrogen) atoms. The Morgan fingerprint density at radius 3 is 2.50 bits per heavy atom. The van der Waals surface area contributed by atoms with E-state index < -0.39 is 0 Å². The van der Waals surface area contributed by atoms with Crippen molar-refractivity contribution >= 4 is 28.9 Å². The molecule has 0 atom stereocenters. The largest absolute Gasteiger partial charge is 0.367 e. The molecule has 0 aromatic heterocycles. The van der Waals surface area contributed by atoms with E-state index in [-0.39, 0.29) is 11.5 Å². The normalized spacial score (nSPS) is 13.7. The molecule has 0 aliphatic carbocycles. The minimum atomic E-state index is -0.00749. The number of nitrogens with one attached hydrogen (secondary N) is 1. The Bertz CT molecular complexity index is 707. The number of halogens is 1. The molecular weight excluding hydrogens is 326 g/mol. The smallest absolute Gasteiger partial charge is 0.222 e. The number of anilines is 2. The van der Waals surface area contributed by atoms with Crippen LogP contribution in [0.2, 0.25) is 5.02 Å². The van der Waals surface area contributed by atoms with Gasteiger partial charge in [-0.25, -0.2) is 0 Å². The second kappa shape index (κ2) is 8.24. The van der Waals surface area contributed by atoms with E-state index in [1.54, 1.807) is 18.2 Å². The Hall–Kier alpha value is -2.70. The van der Waals surface area contributed by atoms with E-state index in [0.29, 0.717) is 30.2 Å². The summed E-state index contributed by atoms with van der Waals surface area (Å²) in [6.07, 6.45) is 1.88. The molecule has 1 N–H and O–H groups in total. The number of carbonyl (C=O) groups excluding carboxylic acids is 1. The van der Waals surface area contributed by atoms with Crippen molar-refractivity contribution in [1.82, 2.24) is 4.90 Å². The van der Waals surface area contributed by atoms with Crippen LogP contribution in [0.4, 0.5) is 11.4 Å². The maximum Gasteiger partial charge on any atom is 0.222 e. The Balaban J connectivity index is 2.04. The SMILES string of the molecule is CCC(=O)N1CCN(c2ccc(NC=C(C#N)C#N)cc2Cl)CC1. The lowest BCUT2D eigenvalue weighted by molar-refractivity contribution is -0.131. The zero-order valence-electron chi connectivity index (χ0n) is 13.4. The predicted molar refractivity (Wildman–Crippen MR) is 93.5 cm³/mol. The van der Waals surface area contributed by atoms with Crippen LogP contribution in [0.15, 0.2) is 30.0 Å². The van der Waals surface area contributed by atoms with Gasteiger partial charge < -0.3 is 15.1 Å². The molecule has 1 aromatic carbocycles. The van der Waals surface area contributed by atoms with Crippen molar-refractivity contribution in [1.29, 1.82) is 10.5 Å². The molecule has 0 unspecified atom stereocenters. The highest BCUT2D eigenvalue weighted by atomic mass is 35.5. The first-order chi connectivity index (χ1) is 11.6. The van der Waals surface area contributed by atoms with Crippen LogP contribution in [0.1, 0.15) is 13.3 Å². The Kier molecular flexibility index (Phi) is 6.06. The van der Waals surface area contributed by atoms with Gasteiger partial charge in [-0.1, -0.05) is 18.5 Å². The number of hydrogen-bond acceptors (Lipinski definition) is 5. The third kappa shape index (κ3) is 4.18. The van der Waals surface area contributed by atoms with Crippen molar-refractivity contribution in [2.24, 2.45) is 0 Å². The number of piperazine rings is 1. The number of amides is 1. The van der Waals surface area contributed by atoms with Crippen LogP contribution >= 0.6 is 11.6 Å². The highest BCUT2D eigenvalue weighted by Crippen LogP contribution is 2.29. The van der Waals surface area contributed by atoms with Crippen molar-refractivity contribution < 1.29 is 4.79 Å². The van der Waals surface area contributed by atoms with Crippen LogP contribution in [-0.4, -0.2) is 37.0 Å².